The van der Waals surface area contributed by atoms with E-state index in [0.29, 0.717) is 18.2 Å². The lowest BCUT2D eigenvalue weighted by atomic mass is 9.82. The van der Waals surface area contributed by atoms with E-state index in [1.54, 1.807) is 0 Å². The number of carbonyl (C=O) groups excluding carboxylic acids is 1. The molecule has 0 spiro atoms. The highest BCUT2D eigenvalue weighted by Gasteiger charge is 2.31. The molecule has 1 amide bonds. The summed E-state index contributed by atoms with van der Waals surface area (Å²) in [7, 11) is 0. The van der Waals surface area contributed by atoms with Crippen LogP contribution in [-0.2, 0) is 4.79 Å². The maximum atomic E-state index is 11.8. The average Bonchev–Trinajstić information content (AvgIpc) is 2.09. The van der Waals surface area contributed by atoms with Crippen LogP contribution in [-0.4, -0.2) is 29.6 Å². The zero-order chi connectivity index (χ0) is 10.8. The molecule has 1 unspecified atom stereocenters. The number of amides is 1. The summed E-state index contributed by atoms with van der Waals surface area (Å²) in [6, 6.07) is 0. The molecule has 1 aliphatic heterocycles. The van der Waals surface area contributed by atoms with Gasteiger partial charge in [-0.2, -0.15) is 12.6 Å². The maximum Gasteiger partial charge on any atom is 0.223 e. The fraction of sp³-hybridized carbons (Fsp3) is 0.909. The van der Waals surface area contributed by atoms with Gasteiger partial charge in [-0.15, -0.1) is 0 Å². The summed E-state index contributed by atoms with van der Waals surface area (Å²) in [5.41, 5.74) is 0.206. The lowest BCUT2D eigenvalue weighted by molar-refractivity contribution is -0.137. The molecule has 2 nitrogen and oxygen atoms in total. The zero-order valence-corrected chi connectivity index (χ0v) is 10.3. The second-order valence-corrected chi connectivity index (χ2v) is 5.58. The lowest BCUT2D eigenvalue weighted by Crippen LogP contribution is -2.44. The van der Waals surface area contributed by atoms with E-state index in [9.17, 15) is 4.79 Å². The van der Waals surface area contributed by atoms with Crippen LogP contribution in [0.1, 0.15) is 33.6 Å². The first kappa shape index (κ1) is 11.9. The Kier molecular flexibility index (Phi) is 3.87. The van der Waals surface area contributed by atoms with E-state index in [-0.39, 0.29) is 5.41 Å². The Bertz CT molecular complexity index is 215. The predicted molar refractivity (Wildman–Crippen MR) is 62.6 cm³/mol. The van der Waals surface area contributed by atoms with E-state index in [4.69, 9.17) is 0 Å². The summed E-state index contributed by atoms with van der Waals surface area (Å²) in [5.74, 6) is 1.67. The standard InChI is InChI=1S/C11H21NOS/c1-9(8-14)7-12-5-4-11(2,3)6-10(12)13/h9,14H,4-8H2,1-3H3. The summed E-state index contributed by atoms with van der Waals surface area (Å²) in [6.45, 7) is 8.27. The van der Waals surface area contributed by atoms with Crippen molar-refractivity contribution < 1.29 is 4.79 Å². The minimum Gasteiger partial charge on any atom is -0.342 e. The van der Waals surface area contributed by atoms with Crippen LogP contribution in [0.5, 0.6) is 0 Å². The Morgan fingerprint density at radius 2 is 2.21 bits per heavy atom. The van der Waals surface area contributed by atoms with Gasteiger partial charge in [0.25, 0.3) is 0 Å². The fourth-order valence-electron chi connectivity index (χ4n) is 1.80. The summed E-state index contributed by atoms with van der Waals surface area (Å²) < 4.78 is 0. The molecule has 0 radical (unpaired) electrons. The summed E-state index contributed by atoms with van der Waals surface area (Å²) in [6.07, 6.45) is 1.82. The first-order chi connectivity index (χ1) is 6.44. The Morgan fingerprint density at radius 1 is 1.57 bits per heavy atom. The van der Waals surface area contributed by atoms with E-state index in [1.165, 1.54) is 0 Å². The van der Waals surface area contributed by atoms with Gasteiger partial charge in [-0.3, -0.25) is 4.79 Å². The third-order valence-corrected chi connectivity index (χ3v) is 3.51. The van der Waals surface area contributed by atoms with Crippen LogP contribution < -0.4 is 0 Å². The SMILES string of the molecule is CC(CS)CN1CCC(C)(C)CC1=O. The molecular formula is C11H21NOS. The quantitative estimate of drug-likeness (QED) is 0.716. The van der Waals surface area contributed by atoms with Crippen molar-refractivity contribution in [2.45, 2.75) is 33.6 Å². The first-order valence-electron chi connectivity index (χ1n) is 5.33. The molecule has 0 saturated carbocycles. The van der Waals surface area contributed by atoms with Gasteiger partial charge in [-0.25, -0.2) is 0 Å². The van der Waals surface area contributed by atoms with Gasteiger partial charge >= 0.3 is 0 Å². The van der Waals surface area contributed by atoms with Crippen molar-refractivity contribution in [3.63, 3.8) is 0 Å². The molecule has 1 fully saturated rings. The molecule has 82 valence electrons. The maximum absolute atomic E-state index is 11.8. The molecule has 1 atom stereocenters. The Hall–Kier alpha value is -0.180. The van der Waals surface area contributed by atoms with E-state index >= 15 is 0 Å². The number of carbonyl (C=O) groups is 1. The Balaban J connectivity index is 2.46. The molecule has 0 aliphatic carbocycles. The van der Waals surface area contributed by atoms with Crippen LogP contribution in [0.2, 0.25) is 0 Å². The fourth-order valence-corrected chi connectivity index (χ4v) is 1.91. The molecule has 0 bridgehead atoms. The normalized spacial score (nSPS) is 23.7. The van der Waals surface area contributed by atoms with E-state index < -0.39 is 0 Å². The Labute approximate surface area is 92.5 Å². The van der Waals surface area contributed by atoms with Gasteiger partial charge in [0, 0.05) is 19.5 Å². The highest BCUT2D eigenvalue weighted by molar-refractivity contribution is 7.80. The number of rotatable bonds is 3. The molecule has 0 aromatic heterocycles. The topological polar surface area (TPSA) is 20.3 Å². The van der Waals surface area contributed by atoms with Crippen molar-refractivity contribution in [3.05, 3.63) is 0 Å². The smallest absolute Gasteiger partial charge is 0.223 e. The van der Waals surface area contributed by atoms with Crippen LogP contribution in [0, 0.1) is 11.3 Å². The van der Waals surface area contributed by atoms with E-state index in [2.05, 4.69) is 33.4 Å². The van der Waals surface area contributed by atoms with Gasteiger partial charge in [-0.1, -0.05) is 20.8 Å². The number of hydrogen-bond acceptors (Lipinski definition) is 2. The van der Waals surface area contributed by atoms with Gasteiger partial charge < -0.3 is 4.90 Å². The monoisotopic (exact) mass is 215 g/mol. The molecule has 0 aromatic rings. The average molecular weight is 215 g/mol. The molecule has 0 N–H and O–H groups in total. The van der Waals surface area contributed by atoms with Crippen molar-refractivity contribution in [2.24, 2.45) is 11.3 Å². The molecule has 1 saturated heterocycles. The molecule has 1 heterocycles. The third-order valence-electron chi connectivity index (χ3n) is 2.88. The van der Waals surface area contributed by atoms with Gasteiger partial charge in [0.15, 0.2) is 0 Å². The molecule has 14 heavy (non-hydrogen) atoms. The molecule has 1 rings (SSSR count). The second-order valence-electron chi connectivity index (χ2n) is 5.22. The number of likely N-dealkylation sites (tertiary alicyclic amines) is 1. The number of hydrogen-bond donors (Lipinski definition) is 1. The zero-order valence-electron chi connectivity index (χ0n) is 9.42. The molecule has 0 aromatic carbocycles. The minimum absolute atomic E-state index is 0.206. The lowest BCUT2D eigenvalue weighted by Gasteiger charge is -2.37. The van der Waals surface area contributed by atoms with Crippen molar-refractivity contribution in [2.75, 3.05) is 18.8 Å². The van der Waals surface area contributed by atoms with Gasteiger partial charge in [0.1, 0.15) is 0 Å². The van der Waals surface area contributed by atoms with Gasteiger partial charge in [-0.05, 0) is 23.5 Å². The van der Waals surface area contributed by atoms with Crippen molar-refractivity contribution in [1.29, 1.82) is 0 Å². The van der Waals surface area contributed by atoms with Gasteiger partial charge in [0.2, 0.25) is 5.91 Å². The molecule has 1 aliphatic rings. The van der Waals surface area contributed by atoms with Crippen LogP contribution >= 0.6 is 12.6 Å². The number of piperidine rings is 1. The van der Waals surface area contributed by atoms with Gasteiger partial charge in [0.05, 0.1) is 0 Å². The van der Waals surface area contributed by atoms with Crippen molar-refractivity contribution in [1.82, 2.24) is 4.90 Å². The third kappa shape index (κ3) is 3.19. The second kappa shape index (κ2) is 4.56. The molecular weight excluding hydrogens is 194 g/mol. The summed E-state index contributed by atoms with van der Waals surface area (Å²) in [5, 5.41) is 0. The first-order valence-corrected chi connectivity index (χ1v) is 5.96. The highest BCUT2D eigenvalue weighted by Crippen LogP contribution is 2.30. The number of nitrogens with zero attached hydrogens (tertiary/aromatic N) is 1. The molecule has 3 heteroatoms. The van der Waals surface area contributed by atoms with Crippen molar-refractivity contribution in [3.8, 4) is 0 Å². The number of thiol groups is 1. The van der Waals surface area contributed by atoms with Crippen LogP contribution in [0.25, 0.3) is 0 Å². The minimum atomic E-state index is 0.206. The summed E-state index contributed by atoms with van der Waals surface area (Å²) >= 11 is 4.24. The summed E-state index contributed by atoms with van der Waals surface area (Å²) in [4.78, 5) is 13.8. The van der Waals surface area contributed by atoms with E-state index in [1.807, 2.05) is 4.90 Å². The largest absolute Gasteiger partial charge is 0.342 e. The van der Waals surface area contributed by atoms with Crippen LogP contribution in [0.4, 0.5) is 0 Å². The van der Waals surface area contributed by atoms with Crippen molar-refractivity contribution >= 4 is 18.5 Å². The Morgan fingerprint density at radius 3 is 2.71 bits per heavy atom. The van der Waals surface area contributed by atoms with E-state index in [0.717, 1.165) is 25.3 Å². The predicted octanol–water partition coefficient (Wildman–Crippen LogP) is 2.20. The van der Waals surface area contributed by atoms with Crippen LogP contribution in [0.3, 0.4) is 0 Å². The highest BCUT2D eigenvalue weighted by atomic mass is 32.1. The van der Waals surface area contributed by atoms with Crippen LogP contribution in [0.15, 0.2) is 0 Å².